The van der Waals surface area contributed by atoms with Gasteiger partial charge in [0.25, 0.3) is 0 Å². The van der Waals surface area contributed by atoms with Gasteiger partial charge in [0.1, 0.15) is 0 Å². The van der Waals surface area contributed by atoms with Gasteiger partial charge in [0.15, 0.2) is 5.78 Å². The lowest BCUT2D eigenvalue weighted by Crippen LogP contribution is -2.02. The molecule has 1 heterocycles. The number of aromatic amines is 1. The third kappa shape index (κ3) is 3.00. The lowest BCUT2D eigenvalue weighted by atomic mass is 10.0. The summed E-state index contributed by atoms with van der Waals surface area (Å²) >= 11 is 15.3. The summed E-state index contributed by atoms with van der Waals surface area (Å²) in [5, 5.41) is 1.86. The highest BCUT2D eigenvalue weighted by atomic mass is 79.9. The summed E-state index contributed by atoms with van der Waals surface area (Å²) in [6.45, 7) is 0. The van der Waals surface area contributed by atoms with E-state index in [9.17, 15) is 4.79 Å². The third-order valence-corrected chi connectivity index (χ3v) is 4.53. The SMILES string of the molecule is O=C(Cc1ccc(Cl)c(Cl)c1)c1c[nH]c2ccc(Br)cc12. The standard InChI is InChI=1S/C16H10BrCl2NO/c17-10-2-4-15-11(7-10)12(8-20-15)16(21)6-9-1-3-13(18)14(19)5-9/h1-5,7-8,20H,6H2. The van der Waals surface area contributed by atoms with Crippen molar-refractivity contribution in [3.8, 4) is 0 Å². The number of benzene rings is 2. The van der Waals surface area contributed by atoms with Crippen LogP contribution in [0.4, 0.5) is 0 Å². The highest BCUT2D eigenvalue weighted by molar-refractivity contribution is 9.10. The van der Waals surface area contributed by atoms with Crippen LogP contribution in [0.15, 0.2) is 47.1 Å². The maximum Gasteiger partial charge on any atom is 0.169 e. The quantitative estimate of drug-likeness (QED) is 0.582. The molecule has 0 atom stereocenters. The smallest absolute Gasteiger partial charge is 0.169 e. The van der Waals surface area contributed by atoms with Crippen LogP contribution in [-0.4, -0.2) is 10.8 Å². The largest absolute Gasteiger partial charge is 0.360 e. The number of ketones is 1. The number of halogens is 3. The molecule has 0 unspecified atom stereocenters. The number of nitrogens with one attached hydrogen (secondary N) is 1. The van der Waals surface area contributed by atoms with Crippen molar-refractivity contribution in [1.82, 2.24) is 4.98 Å². The van der Waals surface area contributed by atoms with E-state index in [1.807, 2.05) is 24.3 Å². The number of carbonyl (C=O) groups excluding carboxylic acids is 1. The van der Waals surface area contributed by atoms with Crippen molar-refractivity contribution in [3.63, 3.8) is 0 Å². The molecular weight excluding hydrogens is 373 g/mol. The topological polar surface area (TPSA) is 32.9 Å². The predicted molar refractivity (Wildman–Crippen MR) is 90.5 cm³/mol. The molecule has 1 N–H and O–H groups in total. The van der Waals surface area contributed by atoms with Crippen LogP contribution in [0, 0.1) is 0 Å². The predicted octanol–water partition coefficient (Wildman–Crippen LogP) is 5.66. The van der Waals surface area contributed by atoms with Crippen LogP contribution >= 0.6 is 39.1 Å². The van der Waals surface area contributed by atoms with Crippen LogP contribution in [0.1, 0.15) is 15.9 Å². The average Bonchev–Trinajstić information content (AvgIpc) is 2.86. The van der Waals surface area contributed by atoms with Gasteiger partial charge in [0, 0.05) is 33.6 Å². The summed E-state index contributed by atoms with van der Waals surface area (Å²) < 4.78 is 0.943. The summed E-state index contributed by atoms with van der Waals surface area (Å²) in [6, 6.07) is 11.1. The van der Waals surface area contributed by atoms with E-state index in [-0.39, 0.29) is 12.2 Å². The number of fused-ring (bicyclic) bond motifs is 1. The number of carbonyl (C=O) groups is 1. The molecule has 5 heteroatoms. The Morgan fingerprint density at radius 3 is 2.67 bits per heavy atom. The van der Waals surface area contributed by atoms with E-state index < -0.39 is 0 Å². The summed E-state index contributed by atoms with van der Waals surface area (Å²) in [7, 11) is 0. The number of aromatic nitrogens is 1. The summed E-state index contributed by atoms with van der Waals surface area (Å²) in [4.78, 5) is 15.6. The molecule has 3 rings (SSSR count). The van der Waals surface area contributed by atoms with Crippen LogP contribution in [0.3, 0.4) is 0 Å². The van der Waals surface area contributed by atoms with Gasteiger partial charge in [-0.3, -0.25) is 4.79 Å². The zero-order valence-electron chi connectivity index (χ0n) is 10.8. The van der Waals surface area contributed by atoms with E-state index in [1.165, 1.54) is 0 Å². The Balaban J connectivity index is 1.93. The van der Waals surface area contributed by atoms with Crippen molar-refractivity contribution in [1.29, 1.82) is 0 Å². The highest BCUT2D eigenvalue weighted by Crippen LogP contribution is 2.26. The van der Waals surface area contributed by atoms with Gasteiger partial charge in [-0.15, -0.1) is 0 Å². The van der Waals surface area contributed by atoms with Crippen LogP contribution in [0.25, 0.3) is 10.9 Å². The maximum absolute atomic E-state index is 12.5. The molecular formula is C16H10BrCl2NO. The molecule has 21 heavy (non-hydrogen) atoms. The van der Waals surface area contributed by atoms with Crippen molar-refractivity contribution in [2.45, 2.75) is 6.42 Å². The number of Topliss-reactive ketones (excluding diaryl/α,β-unsaturated/α-hetero) is 1. The van der Waals surface area contributed by atoms with Gasteiger partial charge in [-0.1, -0.05) is 45.2 Å². The van der Waals surface area contributed by atoms with Gasteiger partial charge < -0.3 is 4.98 Å². The first-order chi connectivity index (χ1) is 10.0. The normalized spacial score (nSPS) is 11.0. The molecule has 0 amide bonds. The van der Waals surface area contributed by atoms with E-state index in [0.29, 0.717) is 15.6 Å². The Morgan fingerprint density at radius 2 is 1.90 bits per heavy atom. The van der Waals surface area contributed by atoms with Gasteiger partial charge in [-0.2, -0.15) is 0 Å². The van der Waals surface area contributed by atoms with Crippen LogP contribution in [0.2, 0.25) is 10.0 Å². The summed E-state index contributed by atoms with van der Waals surface area (Å²) in [5.41, 5.74) is 2.46. The second-order valence-corrected chi connectivity index (χ2v) is 6.47. The Labute approximate surface area is 140 Å². The molecule has 0 spiro atoms. The molecule has 0 saturated carbocycles. The fourth-order valence-corrected chi connectivity index (χ4v) is 2.94. The lowest BCUT2D eigenvalue weighted by Gasteiger charge is -2.03. The minimum absolute atomic E-state index is 0.0396. The van der Waals surface area contributed by atoms with Crippen molar-refractivity contribution in [2.24, 2.45) is 0 Å². The molecule has 0 bridgehead atoms. The molecule has 0 radical (unpaired) electrons. The first kappa shape index (κ1) is 14.6. The molecule has 106 valence electrons. The molecule has 2 nitrogen and oxygen atoms in total. The van der Waals surface area contributed by atoms with E-state index >= 15 is 0 Å². The molecule has 0 fully saturated rings. The summed E-state index contributed by atoms with van der Waals surface area (Å²) in [6.07, 6.45) is 2.04. The second kappa shape index (κ2) is 5.84. The van der Waals surface area contributed by atoms with E-state index in [0.717, 1.165) is 20.9 Å². The highest BCUT2D eigenvalue weighted by Gasteiger charge is 2.13. The molecule has 3 aromatic rings. The number of rotatable bonds is 3. The van der Waals surface area contributed by atoms with Crippen LogP contribution in [-0.2, 0) is 6.42 Å². The van der Waals surface area contributed by atoms with Gasteiger partial charge in [0.2, 0.25) is 0 Å². The van der Waals surface area contributed by atoms with Crippen LogP contribution in [0.5, 0.6) is 0 Å². The Hall–Kier alpha value is -1.29. The van der Waals surface area contributed by atoms with Crippen molar-refractivity contribution in [2.75, 3.05) is 0 Å². The molecule has 0 aliphatic rings. The van der Waals surface area contributed by atoms with E-state index in [2.05, 4.69) is 20.9 Å². The van der Waals surface area contributed by atoms with Gasteiger partial charge >= 0.3 is 0 Å². The fraction of sp³-hybridized carbons (Fsp3) is 0.0625. The zero-order valence-corrected chi connectivity index (χ0v) is 13.9. The second-order valence-electron chi connectivity index (χ2n) is 4.74. The monoisotopic (exact) mass is 381 g/mol. The Kier molecular flexibility index (Phi) is 4.07. The third-order valence-electron chi connectivity index (χ3n) is 3.29. The molecule has 2 aromatic carbocycles. The van der Waals surface area contributed by atoms with Crippen molar-refractivity contribution in [3.05, 3.63) is 68.2 Å². The van der Waals surface area contributed by atoms with Crippen molar-refractivity contribution >= 4 is 55.8 Å². The Morgan fingerprint density at radius 1 is 1.10 bits per heavy atom. The minimum Gasteiger partial charge on any atom is -0.360 e. The first-order valence-electron chi connectivity index (χ1n) is 6.28. The lowest BCUT2D eigenvalue weighted by molar-refractivity contribution is 0.0994. The first-order valence-corrected chi connectivity index (χ1v) is 7.83. The van der Waals surface area contributed by atoms with Gasteiger partial charge in [-0.25, -0.2) is 0 Å². The molecule has 0 aliphatic carbocycles. The fourth-order valence-electron chi connectivity index (χ4n) is 2.25. The van der Waals surface area contributed by atoms with E-state index in [1.54, 1.807) is 18.3 Å². The molecule has 0 saturated heterocycles. The average molecular weight is 383 g/mol. The van der Waals surface area contributed by atoms with Crippen LogP contribution < -0.4 is 0 Å². The summed E-state index contributed by atoms with van der Waals surface area (Å²) in [5.74, 6) is 0.0396. The molecule has 0 aliphatic heterocycles. The van der Waals surface area contributed by atoms with Gasteiger partial charge in [-0.05, 0) is 35.9 Å². The number of H-pyrrole nitrogens is 1. The minimum atomic E-state index is 0.0396. The molecule has 1 aromatic heterocycles. The zero-order chi connectivity index (χ0) is 15.0. The number of hydrogen-bond acceptors (Lipinski definition) is 1. The van der Waals surface area contributed by atoms with Gasteiger partial charge in [0.05, 0.1) is 10.0 Å². The Bertz CT molecular complexity index is 841. The van der Waals surface area contributed by atoms with E-state index in [4.69, 9.17) is 23.2 Å². The number of hydrogen-bond donors (Lipinski definition) is 1. The maximum atomic E-state index is 12.5. The van der Waals surface area contributed by atoms with Crippen molar-refractivity contribution < 1.29 is 4.79 Å².